The number of aromatic nitrogens is 5. The molecule has 0 saturated heterocycles. The van der Waals surface area contributed by atoms with Gasteiger partial charge in [0.05, 0.1) is 24.1 Å². The van der Waals surface area contributed by atoms with E-state index in [1.165, 1.54) is 22.5 Å². The van der Waals surface area contributed by atoms with Crippen molar-refractivity contribution in [2.75, 3.05) is 0 Å². The van der Waals surface area contributed by atoms with E-state index in [1.807, 2.05) is 54.6 Å². The number of carbonyl (C=O) groups is 1. The van der Waals surface area contributed by atoms with Gasteiger partial charge in [-0.15, -0.1) is 0 Å². The Bertz CT molecular complexity index is 1650. The fourth-order valence-electron chi connectivity index (χ4n) is 4.56. The molecule has 166 valence electrons. The van der Waals surface area contributed by atoms with E-state index in [0.29, 0.717) is 12.1 Å². The van der Waals surface area contributed by atoms with Crippen molar-refractivity contribution in [1.29, 1.82) is 0 Å². The number of nitrogens with zero attached hydrogens (tertiary/aromatic N) is 5. The lowest BCUT2D eigenvalue weighted by molar-refractivity contribution is 0.0975. The Morgan fingerprint density at radius 2 is 1.64 bits per heavy atom. The van der Waals surface area contributed by atoms with Gasteiger partial charge in [0.2, 0.25) is 0 Å². The number of hydrogen-bond donors (Lipinski definition) is 0. The molecule has 0 aliphatic carbocycles. The third kappa shape index (κ3) is 3.06. The van der Waals surface area contributed by atoms with Crippen LogP contribution in [-0.4, -0.2) is 29.0 Å². The number of ketones is 1. The summed E-state index contributed by atoms with van der Waals surface area (Å²) in [6.07, 6.45) is 1.45. The van der Waals surface area contributed by atoms with E-state index in [0.717, 1.165) is 26.7 Å². The number of hydrogen-bond acceptors (Lipinski definition) is 4. The molecule has 0 N–H and O–H groups in total. The minimum absolute atomic E-state index is 0.0680. The predicted molar refractivity (Wildman–Crippen MR) is 128 cm³/mol. The Morgan fingerprint density at radius 1 is 0.939 bits per heavy atom. The molecule has 0 spiro atoms. The van der Waals surface area contributed by atoms with E-state index in [9.17, 15) is 14.4 Å². The number of fused-ring (bicyclic) bond motifs is 2. The first-order chi connectivity index (χ1) is 15.9. The average molecular weight is 441 g/mol. The molecule has 8 heteroatoms. The highest BCUT2D eigenvalue weighted by molar-refractivity contribution is 6.13. The number of para-hydroxylation sites is 1. The molecule has 5 aromatic rings. The van der Waals surface area contributed by atoms with Gasteiger partial charge in [-0.2, -0.15) is 0 Å². The normalized spacial score (nSPS) is 11.5. The predicted octanol–water partition coefficient (Wildman–Crippen LogP) is 2.96. The Hall–Kier alpha value is -4.20. The molecule has 0 fully saturated rings. The van der Waals surface area contributed by atoms with Crippen LogP contribution in [0.15, 0.2) is 70.5 Å². The van der Waals surface area contributed by atoms with Crippen LogP contribution in [0.1, 0.15) is 17.3 Å². The van der Waals surface area contributed by atoms with Crippen molar-refractivity contribution < 1.29 is 4.79 Å². The average Bonchev–Trinajstić information content (AvgIpc) is 3.41. The van der Waals surface area contributed by atoms with E-state index >= 15 is 0 Å². The van der Waals surface area contributed by atoms with Crippen LogP contribution >= 0.6 is 0 Å². The Kier molecular flexibility index (Phi) is 4.85. The molecular weight excluding hydrogens is 418 g/mol. The highest BCUT2D eigenvalue weighted by Gasteiger charge is 2.24. The van der Waals surface area contributed by atoms with E-state index in [2.05, 4.69) is 16.5 Å². The smallest absolute Gasteiger partial charge is 0.332 e. The SMILES string of the molecule is CCn1c(-c2ccccc2)c(C(=O)Cn2cnc3c2c(=O)n(C)c(=O)n3C)c2ccccc21. The number of rotatable bonds is 5. The molecule has 0 aliphatic rings. The number of imidazole rings is 1. The van der Waals surface area contributed by atoms with Crippen LogP contribution < -0.4 is 11.2 Å². The minimum atomic E-state index is -0.474. The van der Waals surface area contributed by atoms with Crippen LogP contribution in [0.25, 0.3) is 33.3 Å². The monoisotopic (exact) mass is 441 g/mol. The van der Waals surface area contributed by atoms with Gasteiger partial charge in [-0.3, -0.25) is 18.7 Å². The van der Waals surface area contributed by atoms with Crippen molar-refractivity contribution in [3.05, 3.63) is 87.3 Å². The summed E-state index contributed by atoms with van der Waals surface area (Å²) < 4.78 is 6.03. The molecule has 0 aliphatic heterocycles. The van der Waals surface area contributed by atoms with Gasteiger partial charge < -0.3 is 9.13 Å². The van der Waals surface area contributed by atoms with Crippen LogP contribution in [0.2, 0.25) is 0 Å². The quantitative estimate of drug-likeness (QED) is 0.393. The topological polar surface area (TPSA) is 83.8 Å². The Morgan fingerprint density at radius 3 is 2.36 bits per heavy atom. The molecular formula is C25H23N5O3. The van der Waals surface area contributed by atoms with Gasteiger partial charge in [-0.1, -0.05) is 48.5 Å². The second-order valence-electron chi connectivity index (χ2n) is 8.02. The molecule has 0 saturated carbocycles. The lowest BCUT2D eigenvalue weighted by atomic mass is 10.0. The molecule has 33 heavy (non-hydrogen) atoms. The fraction of sp³-hybridized carbons (Fsp3) is 0.200. The largest absolute Gasteiger partial charge is 0.340 e. The van der Waals surface area contributed by atoms with Crippen LogP contribution in [0.4, 0.5) is 0 Å². The van der Waals surface area contributed by atoms with Crippen molar-refractivity contribution in [1.82, 2.24) is 23.3 Å². The lowest BCUT2D eigenvalue weighted by Crippen LogP contribution is -2.37. The van der Waals surface area contributed by atoms with E-state index < -0.39 is 11.2 Å². The maximum absolute atomic E-state index is 13.8. The van der Waals surface area contributed by atoms with Crippen LogP contribution in [0.5, 0.6) is 0 Å². The third-order valence-corrected chi connectivity index (χ3v) is 6.14. The lowest BCUT2D eigenvalue weighted by Gasteiger charge is -2.11. The second kappa shape index (κ2) is 7.74. The van der Waals surface area contributed by atoms with Gasteiger partial charge in [0, 0.05) is 31.5 Å². The molecule has 0 amide bonds. The summed E-state index contributed by atoms with van der Waals surface area (Å²) in [5, 5.41) is 0.868. The highest BCUT2D eigenvalue weighted by Crippen LogP contribution is 2.34. The highest BCUT2D eigenvalue weighted by atomic mass is 16.2. The van der Waals surface area contributed by atoms with Crippen molar-refractivity contribution in [3.63, 3.8) is 0 Å². The maximum atomic E-state index is 13.8. The van der Waals surface area contributed by atoms with Gasteiger partial charge in [0.1, 0.15) is 0 Å². The van der Waals surface area contributed by atoms with Gasteiger partial charge >= 0.3 is 5.69 Å². The van der Waals surface area contributed by atoms with E-state index in [4.69, 9.17) is 0 Å². The number of carbonyl (C=O) groups excluding carboxylic acids is 1. The fourth-order valence-corrected chi connectivity index (χ4v) is 4.56. The molecule has 0 unspecified atom stereocenters. The summed E-state index contributed by atoms with van der Waals surface area (Å²) >= 11 is 0. The Balaban J connectivity index is 1.73. The van der Waals surface area contributed by atoms with Crippen LogP contribution in [0.3, 0.4) is 0 Å². The summed E-state index contributed by atoms with van der Waals surface area (Å²) in [4.78, 5) is 43.1. The second-order valence-corrected chi connectivity index (χ2v) is 8.02. The van der Waals surface area contributed by atoms with Crippen LogP contribution in [-0.2, 0) is 27.2 Å². The molecule has 8 nitrogen and oxygen atoms in total. The summed E-state index contributed by atoms with van der Waals surface area (Å²) in [6.45, 7) is 2.69. The number of Topliss-reactive ketones (excluding diaryl/α,β-unsaturated/α-hetero) is 1. The zero-order valence-electron chi connectivity index (χ0n) is 18.6. The van der Waals surface area contributed by atoms with Gasteiger partial charge in [0.25, 0.3) is 5.56 Å². The third-order valence-electron chi connectivity index (χ3n) is 6.14. The molecule has 0 radical (unpaired) electrons. The first-order valence-electron chi connectivity index (χ1n) is 10.7. The van der Waals surface area contributed by atoms with Crippen molar-refractivity contribution in [2.24, 2.45) is 14.1 Å². The number of benzene rings is 2. The minimum Gasteiger partial charge on any atom is -0.340 e. The molecule has 5 rings (SSSR count). The van der Waals surface area contributed by atoms with Gasteiger partial charge in [-0.25, -0.2) is 9.78 Å². The molecule has 3 heterocycles. The van der Waals surface area contributed by atoms with Crippen molar-refractivity contribution in [3.8, 4) is 11.3 Å². The van der Waals surface area contributed by atoms with E-state index in [1.54, 1.807) is 7.05 Å². The summed E-state index contributed by atoms with van der Waals surface area (Å²) in [5.41, 5.74) is 2.96. The van der Waals surface area contributed by atoms with Crippen LogP contribution in [0, 0.1) is 0 Å². The van der Waals surface area contributed by atoms with E-state index in [-0.39, 0.29) is 23.5 Å². The first kappa shape index (κ1) is 20.7. The van der Waals surface area contributed by atoms with Crippen molar-refractivity contribution in [2.45, 2.75) is 20.0 Å². The zero-order valence-corrected chi connectivity index (χ0v) is 18.6. The molecule has 3 aromatic heterocycles. The standard InChI is InChI=1S/C25H23N5O3/c1-4-30-18-13-9-8-12-17(18)20(21(30)16-10-6-5-7-11-16)19(31)14-29-15-26-23-22(29)24(32)28(3)25(33)27(23)2/h5-13,15H,4,14H2,1-3H3. The van der Waals surface area contributed by atoms with Crippen molar-refractivity contribution >= 4 is 27.9 Å². The molecule has 0 atom stereocenters. The molecule has 0 bridgehead atoms. The summed E-state index contributed by atoms with van der Waals surface area (Å²) in [6, 6.07) is 17.7. The first-order valence-corrected chi connectivity index (χ1v) is 10.7. The molecule has 2 aromatic carbocycles. The number of aryl methyl sites for hydroxylation is 2. The summed E-state index contributed by atoms with van der Waals surface area (Å²) in [5.74, 6) is -0.132. The van der Waals surface area contributed by atoms with Gasteiger partial charge in [-0.05, 0) is 18.6 Å². The zero-order chi connectivity index (χ0) is 23.3. The summed E-state index contributed by atoms with van der Waals surface area (Å²) in [7, 11) is 2.98. The van der Waals surface area contributed by atoms with Gasteiger partial charge in [0.15, 0.2) is 16.9 Å². The Labute approximate surface area is 189 Å². The maximum Gasteiger partial charge on any atom is 0.332 e.